The van der Waals surface area contributed by atoms with E-state index in [1.165, 1.54) is 19.0 Å². The molecule has 0 saturated carbocycles. The van der Waals surface area contributed by atoms with Gasteiger partial charge in [0.2, 0.25) is 0 Å². The fraction of sp³-hybridized carbons (Fsp3) is 0.308. The lowest BCUT2D eigenvalue weighted by atomic mass is 10.1. The first-order chi connectivity index (χ1) is 9.26. The highest BCUT2D eigenvalue weighted by molar-refractivity contribution is 6.31. The minimum Gasteiger partial charge on any atom is -0.490 e. The Morgan fingerprint density at radius 1 is 1.32 bits per heavy atom. The third-order valence-electron chi connectivity index (χ3n) is 2.75. The second kappa shape index (κ2) is 6.33. The van der Waals surface area contributed by atoms with Crippen molar-refractivity contribution < 1.29 is 4.74 Å². The second-order valence-corrected chi connectivity index (χ2v) is 4.22. The number of halogens is 1. The number of rotatable bonds is 5. The normalized spacial score (nSPS) is 10.3. The van der Waals surface area contributed by atoms with E-state index in [0.29, 0.717) is 18.1 Å². The fourth-order valence-electron chi connectivity index (χ4n) is 1.78. The van der Waals surface area contributed by atoms with E-state index >= 15 is 0 Å². The summed E-state index contributed by atoms with van der Waals surface area (Å²) in [7, 11) is 1.54. The predicted octanol–water partition coefficient (Wildman–Crippen LogP) is 2.71. The van der Waals surface area contributed by atoms with E-state index in [1.807, 2.05) is 6.07 Å². The number of nitrogens with one attached hydrogen (secondary N) is 1. The Labute approximate surface area is 117 Å². The molecule has 0 saturated heterocycles. The van der Waals surface area contributed by atoms with E-state index in [9.17, 15) is 0 Å². The first-order valence-corrected chi connectivity index (χ1v) is 6.35. The van der Waals surface area contributed by atoms with Crippen LogP contribution < -0.4 is 10.1 Å². The standard InChI is InChI=1S/C13H15ClN4O/c1-3-9-5-4-6-15-10(9)7-16-13-11(19-2)12(14)17-8-18-13/h4-6,8H,3,7H2,1-2H3,(H,16,17,18). The minimum atomic E-state index is 0.289. The molecule has 0 bridgehead atoms. The summed E-state index contributed by atoms with van der Waals surface area (Å²) < 4.78 is 5.18. The molecule has 0 aromatic carbocycles. The molecule has 0 aliphatic rings. The maximum absolute atomic E-state index is 5.94. The molecular weight excluding hydrogens is 264 g/mol. The number of methoxy groups -OCH3 is 1. The molecule has 100 valence electrons. The van der Waals surface area contributed by atoms with Gasteiger partial charge in [0.05, 0.1) is 19.3 Å². The Morgan fingerprint density at radius 2 is 2.16 bits per heavy atom. The second-order valence-electron chi connectivity index (χ2n) is 3.86. The van der Waals surface area contributed by atoms with Gasteiger partial charge in [0.25, 0.3) is 0 Å². The molecule has 0 aliphatic carbocycles. The number of pyridine rings is 1. The Hall–Kier alpha value is -1.88. The lowest BCUT2D eigenvalue weighted by Gasteiger charge is -2.11. The number of aromatic nitrogens is 3. The highest BCUT2D eigenvalue weighted by Crippen LogP contribution is 2.28. The molecule has 6 heteroatoms. The number of nitrogens with zero attached hydrogens (tertiary/aromatic N) is 3. The predicted molar refractivity (Wildman–Crippen MR) is 74.5 cm³/mol. The zero-order valence-electron chi connectivity index (χ0n) is 10.9. The Bertz CT molecular complexity index is 562. The van der Waals surface area contributed by atoms with Crippen molar-refractivity contribution >= 4 is 17.4 Å². The van der Waals surface area contributed by atoms with Crippen molar-refractivity contribution in [2.24, 2.45) is 0 Å². The molecule has 5 nitrogen and oxygen atoms in total. The molecule has 2 rings (SSSR count). The molecule has 0 radical (unpaired) electrons. The van der Waals surface area contributed by atoms with Crippen LogP contribution in [0, 0.1) is 0 Å². The molecule has 0 amide bonds. The zero-order chi connectivity index (χ0) is 13.7. The van der Waals surface area contributed by atoms with Gasteiger partial charge in [0.15, 0.2) is 16.7 Å². The number of ether oxygens (including phenoxy) is 1. The smallest absolute Gasteiger partial charge is 0.198 e. The van der Waals surface area contributed by atoms with Crippen LogP contribution in [0.15, 0.2) is 24.7 Å². The van der Waals surface area contributed by atoms with E-state index < -0.39 is 0 Å². The van der Waals surface area contributed by atoms with Gasteiger partial charge in [-0.1, -0.05) is 24.6 Å². The van der Waals surface area contributed by atoms with E-state index in [4.69, 9.17) is 16.3 Å². The molecule has 19 heavy (non-hydrogen) atoms. The van der Waals surface area contributed by atoms with E-state index in [2.05, 4.69) is 33.3 Å². The Kier molecular flexibility index (Phi) is 4.52. The number of aryl methyl sites for hydroxylation is 1. The Balaban J connectivity index is 2.17. The summed E-state index contributed by atoms with van der Waals surface area (Å²) in [6.07, 6.45) is 4.11. The van der Waals surface area contributed by atoms with Gasteiger partial charge in [0.1, 0.15) is 6.33 Å². The summed E-state index contributed by atoms with van der Waals surface area (Å²) in [5.41, 5.74) is 2.19. The highest BCUT2D eigenvalue weighted by atomic mass is 35.5. The van der Waals surface area contributed by atoms with E-state index in [1.54, 1.807) is 6.20 Å². The fourth-order valence-corrected chi connectivity index (χ4v) is 1.99. The van der Waals surface area contributed by atoms with Gasteiger partial charge < -0.3 is 10.1 Å². The third-order valence-corrected chi connectivity index (χ3v) is 3.02. The van der Waals surface area contributed by atoms with Crippen molar-refractivity contribution in [1.82, 2.24) is 15.0 Å². The van der Waals surface area contributed by atoms with Gasteiger partial charge in [-0.25, -0.2) is 9.97 Å². The number of hydrogen-bond acceptors (Lipinski definition) is 5. The van der Waals surface area contributed by atoms with Crippen LogP contribution in [0.25, 0.3) is 0 Å². The molecule has 2 aromatic heterocycles. The zero-order valence-corrected chi connectivity index (χ0v) is 11.6. The van der Waals surface area contributed by atoms with Gasteiger partial charge in [-0.15, -0.1) is 0 Å². The third kappa shape index (κ3) is 3.12. The summed E-state index contributed by atoms with van der Waals surface area (Å²) in [4.78, 5) is 12.4. The highest BCUT2D eigenvalue weighted by Gasteiger charge is 2.10. The summed E-state index contributed by atoms with van der Waals surface area (Å²) in [5.74, 6) is 1.01. The van der Waals surface area contributed by atoms with Crippen molar-refractivity contribution in [1.29, 1.82) is 0 Å². The monoisotopic (exact) mass is 278 g/mol. The van der Waals surface area contributed by atoms with Crippen molar-refractivity contribution in [3.05, 3.63) is 41.1 Å². The van der Waals surface area contributed by atoms with Crippen LogP contribution in [0.1, 0.15) is 18.2 Å². The van der Waals surface area contributed by atoms with Crippen molar-refractivity contribution in [2.45, 2.75) is 19.9 Å². The average Bonchev–Trinajstić information content (AvgIpc) is 2.45. The minimum absolute atomic E-state index is 0.289. The van der Waals surface area contributed by atoms with Crippen LogP contribution in [0.4, 0.5) is 5.82 Å². The van der Waals surface area contributed by atoms with Gasteiger partial charge in [-0.2, -0.15) is 0 Å². The molecule has 0 spiro atoms. The average molecular weight is 279 g/mol. The molecule has 2 heterocycles. The maximum Gasteiger partial charge on any atom is 0.198 e. The quantitative estimate of drug-likeness (QED) is 0.852. The lowest BCUT2D eigenvalue weighted by molar-refractivity contribution is 0.413. The topological polar surface area (TPSA) is 59.9 Å². The van der Waals surface area contributed by atoms with Crippen LogP contribution in [0.3, 0.4) is 0 Å². The molecule has 0 aliphatic heterocycles. The van der Waals surface area contributed by atoms with Crippen molar-refractivity contribution in [2.75, 3.05) is 12.4 Å². The largest absolute Gasteiger partial charge is 0.490 e. The lowest BCUT2D eigenvalue weighted by Crippen LogP contribution is -2.07. The van der Waals surface area contributed by atoms with Crippen LogP contribution in [-0.2, 0) is 13.0 Å². The van der Waals surface area contributed by atoms with Crippen molar-refractivity contribution in [3.8, 4) is 5.75 Å². The van der Waals surface area contributed by atoms with Gasteiger partial charge in [0, 0.05) is 6.20 Å². The SMILES string of the molecule is CCc1cccnc1CNc1ncnc(Cl)c1OC. The van der Waals surface area contributed by atoms with Crippen LogP contribution in [0.5, 0.6) is 5.75 Å². The van der Waals surface area contributed by atoms with Gasteiger partial charge in [-0.3, -0.25) is 4.98 Å². The number of hydrogen-bond donors (Lipinski definition) is 1. The summed E-state index contributed by atoms with van der Waals surface area (Å²) in [6, 6.07) is 4.00. The van der Waals surface area contributed by atoms with E-state index in [-0.39, 0.29) is 5.15 Å². The maximum atomic E-state index is 5.94. The molecule has 0 fully saturated rings. The summed E-state index contributed by atoms with van der Waals surface area (Å²) >= 11 is 5.94. The Morgan fingerprint density at radius 3 is 2.89 bits per heavy atom. The van der Waals surface area contributed by atoms with Crippen LogP contribution >= 0.6 is 11.6 Å². The van der Waals surface area contributed by atoms with E-state index in [0.717, 1.165) is 12.1 Å². The molecule has 0 unspecified atom stereocenters. The summed E-state index contributed by atoms with van der Waals surface area (Å²) in [6.45, 7) is 2.66. The number of anilines is 1. The van der Waals surface area contributed by atoms with Gasteiger partial charge in [-0.05, 0) is 18.1 Å². The molecule has 1 N–H and O–H groups in total. The van der Waals surface area contributed by atoms with Crippen LogP contribution in [-0.4, -0.2) is 22.1 Å². The van der Waals surface area contributed by atoms with Gasteiger partial charge >= 0.3 is 0 Å². The van der Waals surface area contributed by atoms with Crippen molar-refractivity contribution in [3.63, 3.8) is 0 Å². The molecule has 2 aromatic rings. The van der Waals surface area contributed by atoms with Crippen LogP contribution in [0.2, 0.25) is 5.15 Å². The first kappa shape index (κ1) is 13.5. The molecule has 0 atom stereocenters. The first-order valence-electron chi connectivity index (χ1n) is 5.97. The summed E-state index contributed by atoms with van der Waals surface area (Å²) in [5, 5.41) is 3.46. The molecular formula is C13H15ClN4O.